The number of thiazole rings is 1. The SMILES string of the molecule is O=C(NCCN1CCOCC1)c1ccc2nc(NCCCN3CCCC3=O)sc2c1. The smallest absolute Gasteiger partial charge is 0.251 e. The van der Waals surface area contributed by atoms with Gasteiger partial charge >= 0.3 is 0 Å². The Morgan fingerprint density at radius 3 is 2.83 bits per heavy atom. The van der Waals surface area contributed by atoms with Gasteiger partial charge in [0.25, 0.3) is 5.91 Å². The first-order chi connectivity index (χ1) is 14.7. The molecule has 0 unspecified atom stereocenters. The minimum Gasteiger partial charge on any atom is -0.379 e. The molecule has 2 fully saturated rings. The van der Waals surface area contributed by atoms with Gasteiger partial charge in [-0.1, -0.05) is 11.3 Å². The third kappa shape index (κ3) is 5.47. The van der Waals surface area contributed by atoms with Gasteiger partial charge in [-0.25, -0.2) is 4.98 Å². The van der Waals surface area contributed by atoms with Crippen molar-refractivity contribution in [2.75, 3.05) is 64.3 Å². The van der Waals surface area contributed by atoms with Gasteiger partial charge in [0.2, 0.25) is 5.91 Å². The molecule has 162 valence electrons. The van der Waals surface area contributed by atoms with Crippen LogP contribution in [0.25, 0.3) is 10.2 Å². The Bertz CT molecular complexity index is 881. The lowest BCUT2D eigenvalue weighted by Crippen LogP contribution is -2.41. The van der Waals surface area contributed by atoms with Crippen LogP contribution < -0.4 is 10.6 Å². The van der Waals surface area contributed by atoms with Crippen LogP contribution in [0.15, 0.2) is 18.2 Å². The second kappa shape index (κ2) is 10.2. The van der Waals surface area contributed by atoms with Crippen molar-refractivity contribution in [1.82, 2.24) is 20.1 Å². The van der Waals surface area contributed by atoms with Gasteiger partial charge in [0.05, 0.1) is 23.4 Å². The number of benzene rings is 1. The van der Waals surface area contributed by atoms with Gasteiger partial charge in [0, 0.05) is 57.8 Å². The number of anilines is 1. The molecule has 4 rings (SSSR count). The molecule has 0 bridgehead atoms. The molecule has 0 radical (unpaired) electrons. The normalized spacial score (nSPS) is 17.6. The van der Waals surface area contributed by atoms with E-state index in [1.54, 1.807) is 11.3 Å². The molecule has 2 saturated heterocycles. The van der Waals surface area contributed by atoms with Gasteiger partial charge in [-0.3, -0.25) is 14.5 Å². The monoisotopic (exact) mass is 431 g/mol. The number of carbonyl (C=O) groups is 2. The molecular formula is C21H29N5O3S. The third-order valence-electron chi connectivity index (χ3n) is 5.52. The van der Waals surface area contributed by atoms with Crippen molar-refractivity contribution in [3.05, 3.63) is 23.8 Å². The zero-order chi connectivity index (χ0) is 20.8. The summed E-state index contributed by atoms with van der Waals surface area (Å²) in [5, 5.41) is 7.20. The van der Waals surface area contributed by atoms with Gasteiger partial charge in [-0.15, -0.1) is 0 Å². The van der Waals surface area contributed by atoms with Crippen LogP contribution in [0.5, 0.6) is 0 Å². The Kier molecular flexibility index (Phi) is 7.14. The molecule has 1 aromatic heterocycles. The van der Waals surface area contributed by atoms with Crippen LogP contribution in [0.4, 0.5) is 5.13 Å². The summed E-state index contributed by atoms with van der Waals surface area (Å²) in [4.78, 5) is 33.0. The summed E-state index contributed by atoms with van der Waals surface area (Å²) in [5.74, 6) is 0.217. The van der Waals surface area contributed by atoms with E-state index >= 15 is 0 Å². The number of aromatic nitrogens is 1. The molecular weight excluding hydrogens is 402 g/mol. The number of hydrogen-bond donors (Lipinski definition) is 2. The second-order valence-corrected chi connectivity index (χ2v) is 8.71. The van der Waals surface area contributed by atoms with E-state index in [1.807, 2.05) is 23.1 Å². The molecule has 1 aromatic carbocycles. The topological polar surface area (TPSA) is 86.8 Å². The predicted molar refractivity (Wildman–Crippen MR) is 118 cm³/mol. The van der Waals surface area contributed by atoms with Crippen molar-refractivity contribution in [2.24, 2.45) is 0 Å². The summed E-state index contributed by atoms with van der Waals surface area (Å²) in [6.07, 6.45) is 2.57. The van der Waals surface area contributed by atoms with E-state index in [9.17, 15) is 9.59 Å². The quantitative estimate of drug-likeness (QED) is 0.589. The Labute approximate surface area is 180 Å². The average molecular weight is 432 g/mol. The highest BCUT2D eigenvalue weighted by Gasteiger charge is 2.19. The number of likely N-dealkylation sites (tertiary alicyclic amines) is 1. The van der Waals surface area contributed by atoms with Crippen LogP contribution in [0.1, 0.15) is 29.6 Å². The summed E-state index contributed by atoms with van der Waals surface area (Å²) in [5.41, 5.74) is 1.55. The number of rotatable bonds is 9. The van der Waals surface area contributed by atoms with Gasteiger partial charge in [0.1, 0.15) is 0 Å². The van der Waals surface area contributed by atoms with Gasteiger partial charge in [0.15, 0.2) is 5.13 Å². The van der Waals surface area contributed by atoms with Gasteiger partial charge in [-0.2, -0.15) is 0 Å². The molecule has 2 aliphatic heterocycles. The van der Waals surface area contributed by atoms with E-state index in [0.717, 1.165) is 80.7 Å². The van der Waals surface area contributed by atoms with Crippen molar-refractivity contribution in [3.63, 3.8) is 0 Å². The first-order valence-electron chi connectivity index (χ1n) is 10.7. The van der Waals surface area contributed by atoms with E-state index in [-0.39, 0.29) is 11.8 Å². The highest BCUT2D eigenvalue weighted by Crippen LogP contribution is 2.26. The zero-order valence-electron chi connectivity index (χ0n) is 17.2. The van der Waals surface area contributed by atoms with Crippen LogP contribution in [-0.4, -0.2) is 85.6 Å². The van der Waals surface area contributed by atoms with Crippen molar-refractivity contribution in [3.8, 4) is 0 Å². The highest BCUT2D eigenvalue weighted by atomic mass is 32.1. The van der Waals surface area contributed by atoms with Crippen molar-refractivity contribution in [2.45, 2.75) is 19.3 Å². The van der Waals surface area contributed by atoms with E-state index in [0.29, 0.717) is 18.5 Å². The molecule has 2 amide bonds. The van der Waals surface area contributed by atoms with E-state index in [4.69, 9.17) is 4.74 Å². The third-order valence-corrected chi connectivity index (χ3v) is 6.50. The lowest BCUT2D eigenvalue weighted by atomic mass is 10.2. The van der Waals surface area contributed by atoms with E-state index < -0.39 is 0 Å². The Hall–Kier alpha value is -2.23. The largest absolute Gasteiger partial charge is 0.379 e. The van der Waals surface area contributed by atoms with Gasteiger partial charge in [-0.05, 0) is 31.0 Å². The molecule has 2 N–H and O–H groups in total. The number of amides is 2. The van der Waals surface area contributed by atoms with Crippen molar-refractivity contribution >= 4 is 38.5 Å². The summed E-state index contributed by atoms with van der Waals surface area (Å²) >= 11 is 1.55. The Balaban J connectivity index is 1.24. The fourth-order valence-electron chi connectivity index (χ4n) is 3.80. The maximum atomic E-state index is 12.5. The molecule has 9 heteroatoms. The van der Waals surface area contributed by atoms with Crippen LogP contribution in [0.2, 0.25) is 0 Å². The van der Waals surface area contributed by atoms with Crippen LogP contribution in [-0.2, 0) is 9.53 Å². The van der Waals surface area contributed by atoms with E-state index in [2.05, 4.69) is 20.5 Å². The summed E-state index contributed by atoms with van der Waals surface area (Å²) < 4.78 is 6.34. The maximum absolute atomic E-state index is 12.5. The first kappa shape index (κ1) is 21.0. The standard InChI is InChI=1S/C21H29N5O3S/c27-19-3-1-8-26(19)9-2-6-23-21-24-17-5-4-16(15-18(17)30-21)20(28)22-7-10-25-11-13-29-14-12-25/h4-5,15H,1-3,6-14H2,(H,22,28)(H,23,24). The van der Waals surface area contributed by atoms with E-state index in [1.165, 1.54) is 0 Å². The average Bonchev–Trinajstić information content (AvgIpc) is 3.36. The van der Waals surface area contributed by atoms with Crippen LogP contribution >= 0.6 is 11.3 Å². The molecule has 0 saturated carbocycles. The molecule has 0 aliphatic carbocycles. The number of nitrogens with zero attached hydrogens (tertiary/aromatic N) is 3. The zero-order valence-corrected chi connectivity index (χ0v) is 18.0. The number of morpholine rings is 1. The number of fused-ring (bicyclic) bond motifs is 1. The fraction of sp³-hybridized carbons (Fsp3) is 0.571. The molecule has 8 nitrogen and oxygen atoms in total. The predicted octanol–water partition coefficient (Wildman–Crippen LogP) is 1.78. The first-order valence-corrected chi connectivity index (χ1v) is 11.5. The lowest BCUT2D eigenvalue weighted by Gasteiger charge is -2.26. The Morgan fingerprint density at radius 1 is 1.17 bits per heavy atom. The molecule has 3 heterocycles. The molecule has 0 spiro atoms. The van der Waals surface area contributed by atoms with Crippen LogP contribution in [0, 0.1) is 0 Å². The summed E-state index contributed by atoms with van der Waals surface area (Å²) in [7, 11) is 0. The van der Waals surface area contributed by atoms with Gasteiger partial charge < -0.3 is 20.3 Å². The highest BCUT2D eigenvalue weighted by molar-refractivity contribution is 7.22. The van der Waals surface area contributed by atoms with Crippen molar-refractivity contribution in [1.29, 1.82) is 0 Å². The molecule has 2 aromatic rings. The number of ether oxygens (including phenoxy) is 1. The van der Waals surface area contributed by atoms with Crippen molar-refractivity contribution < 1.29 is 14.3 Å². The number of carbonyl (C=O) groups excluding carboxylic acids is 2. The summed E-state index contributed by atoms with van der Waals surface area (Å²) in [6.45, 7) is 7.31. The van der Waals surface area contributed by atoms with Crippen LogP contribution in [0.3, 0.4) is 0 Å². The fourth-order valence-corrected chi connectivity index (χ4v) is 4.73. The molecule has 2 aliphatic rings. The Morgan fingerprint density at radius 2 is 2.03 bits per heavy atom. The molecule has 30 heavy (non-hydrogen) atoms. The minimum absolute atomic E-state index is 0.0525. The summed E-state index contributed by atoms with van der Waals surface area (Å²) in [6, 6.07) is 5.64. The maximum Gasteiger partial charge on any atom is 0.251 e. The molecule has 0 atom stereocenters. The second-order valence-electron chi connectivity index (χ2n) is 7.68. The minimum atomic E-state index is -0.0525. The lowest BCUT2D eigenvalue weighted by molar-refractivity contribution is -0.127. The number of hydrogen-bond acceptors (Lipinski definition) is 7. The number of nitrogens with one attached hydrogen (secondary N) is 2.